The molecule has 1 aromatic heterocycles. The van der Waals surface area contributed by atoms with Gasteiger partial charge in [0.2, 0.25) is 0 Å². The minimum absolute atomic E-state index is 0.0824. The molecule has 4 N–H and O–H groups in total. The molecule has 0 radical (unpaired) electrons. The van der Waals surface area contributed by atoms with E-state index in [1.807, 2.05) is 0 Å². The maximum absolute atomic E-state index is 10.7. The maximum Gasteiger partial charge on any atom is 0.348 e. The lowest BCUT2D eigenvalue weighted by molar-refractivity contribution is 0.0703. The topological polar surface area (TPSA) is 83.6 Å². The van der Waals surface area contributed by atoms with Crippen LogP contribution in [0.4, 0.5) is 5.69 Å². The number of phenols is 1. The number of nitrogens with two attached hydrogens (primary N) is 1. The molecule has 1 aromatic carbocycles. The van der Waals surface area contributed by atoms with Crippen LogP contribution in [0.3, 0.4) is 0 Å². The summed E-state index contributed by atoms with van der Waals surface area (Å²) in [4.78, 5) is 10.9. The van der Waals surface area contributed by atoms with Gasteiger partial charge in [0.05, 0.1) is 5.69 Å². The van der Waals surface area contributed by atoms with Crippen molar-refractivity contribution in [2.24, 2.45) is 0 Å². The molecule has 0 saturated heterocycles. The Balaban J connectivity index is 2.80. The first-order valence-corrected chi connectivity index (χ1v) is 4.65. The second-order valence-electron chi connectivity index (χ2n) is 2.83. The molecule has 0 atom stereocenters. The molecule has 0 bridgehead atoms. The van der Waals surface area contributed by atoms with Gasteiger partial charge in [-0.15, -0.1) is 11.3 Å². The van der Waals surface area contributed by atoms with Gasteiger partial charge in [0.25, 0.3) is 0 Å². The highest BCUT2D eigenvalue weighted by molar-refractivity contribution is 7.21. The van der Waals surface area contributed by atoms with Crippen LogP contribution in [0.15, 0.2) is 18.2 Å². The van der Waals surface area contributed by atoms with Crippen LogP contribution in [0.5, 0.6) is 5.75 Å². The lowest BCUT2D eigenvalue weighted by atomic mass is 10.2. The van der Waals surface area contributed by atoms with Crippen molar-refractivity contribution in [1.29, 1.82) is 0 Å². The normalized spacial score (nSPS) is 10.6. The second-order valence-corrected chi connectivity index (χ2v) is 3.88. The number of nitrogen functional groups attached to an aromatic ring is 1. The van der Waals surface area contributed by atoms with E-state index in [2.05, 4.69) is 0 Å². The monoisotopic (exact) mass is 209 g/mol. The zero-order valence-corrected chi connectivity index (χ0v) is 7.84. The van der Waals surface area contributed by atoms with E-state index in [-0.39, 0.29) is 16.3 Å². The van der Waals surface area contributed by atoms with Gasteiger partial charge in [-0.2, -0.15) is 0 Å². The fourth-order valence-electron chi connectivity index (χ4n) is 1.26. The molecule has 1 heterocycles. The summed E-state index contributed by atoms with van der Waals surface area (Å²) in [6.45, 7) is 0. The number of carboxylic acids is 1. The third-order valence-electron chi connectivity index (χ3n) is 1.90. The summed E-state index contributed by atoms with van der Waals surface area (Å²) in [5.74, 6) is -0.956. The molecular weight excluding hydrogens is 202 g/mol. The first-order valence-electron chi connectivity index (χ1n) is 3.84. The van der Waals surface area contributed by atoms with Gasteiger partial charge < -0.3 is 15.9 Å². The van der Waals surface area contributed by atoms with E-state index < -0.39 is 5.97 Å². The Morgan fingerprint density at radius 3 is 2.79 bits per heavy atom. The molecule has 4 nitrogen and oxygen atoms in total. The maximum atomic E-state index is 10.7. The van der Waals surface area contributed by atoms with Crippen LogP contribution in [-0.2, 0) is 0 Å². The molecule has 0 unspecified atom stereocenters. The van der Waals surface area contributed by atoms with E-state index in [0.29, 0.717) is 5.39 Å². The molecule has 0 amide bonds. The fraction of sp³-hybridized carbons (Fsp3) is 0. The summed E-state index contributed by atoms with van der Waals surface area (Å²) >= 11 is 1.11. The van der Waals surface area contributed by atoms with Crippen LogP contribution < -0.4 is 5.73 Å². The zero-order chi connectivity index (χ0) is 10.3. The van der Waals surface area contributed by atoms with E-state index in [4.69, 9.17) is 10.8 Å². The van der Waals surface area contributed by atoms with Crippen molar-refractivity contribution in [2.75, 3.05) is 5.73 Å². The van der Waals surface area contributed by atoms with Gasteiger partial charge in [0.1, 0.15) is 10.6 Å². The number of hydrogen-bond donors (Lipinski definition) is 3. The van der Waals surface area contributed by atoms with Crippen LogP contribution in [0.25, 0.3) is 10.1 Å². The van der Waals surface area contributed by atoms with Gasteiger partial charge in [-0.3, -0.25) is 0 Å². The van der Waals surface area contributed by atoms with Crippen LogP contribution >= 0.6 is 11.3 Å². The second kappa shape index (κ2) is 2.88. The number of fused-ring (bicyclic) bond motifs is 1. The van der Waals surface area contributed by atoms with Crippen LogP contribution in [0.1, 0.15) is 9.67 Å². The van der Waals surface area contributed by atoms with Crippen molar-refractivity contribution in [1.82, 2.24) is 0 Å². The molecule has 14 heavy (non-hydrogen) atoms. The lowest BCUT2D eigenvalue weighted by Crippen LogP contribution is -1.96. The first-order chi connectivity index (χ1) is 6.59. The summed E-state index contributed by atoms with van der Waals surface area (Å²) in [6.07, 6.45) is 0. The number of phenolic OH excluding ortho intramolecular Hbond substituents is 1. The number of benzene rings is 1. The Morgan fingerprint density at radius 1 is 1.43 bits per heavy atom. The summed E-state index contributed by atoms with van der Waals surface area (Å²) in [5.41, 5.74) is 5.84. The summed E-state index contributed by atoms with van der Waals surface area (Å²) < 4.78 is 0.762. The standard InChI is InChI=1S/C9H7NO3S/c10-7-5-3-4(11)1-2-6(5)14-8(7)9(12)13/h1-3,11H,10H2,(H,12,13). The largest absolute Gasteiger partial charge is 0.508 e. The summed E-state index contributed by atoms with van der Waals surface area (Å²) in [7, 11) is 0. The van der Waals surface area contributed by atoms with E-state index in [9.17, 15) is 9.90 Å². The van der Waals surface area contributed by atoms with Crippen molar-refractivity contribution in [3.05, 3.63) is 23.1 Å². The fourth-order valence-corrected chi connectivity index (χ4v) is 2.21. The van der Waals surface area contributed by atoms with Gasteiger partial charge in [0, 0.05) is 10.1 Å². The highest BCUT2D eigenvalue weighted by Crippen LogP contribution is 2.35. The molecule has 0 aliphatic rings. The summed E-state index contributed by atoms with van der Waals surface area (Å²) in [6, 6.07) is 4.62. The van der Waals surface area contributed by atoms with Crippen LogP contribution in [0, 0.1) is 0 Å². The third-order valence-corrected chi connectivity index (χ3v) is 3.08. The predicted molar refractivity (Wildman–Crippen MR) is 54.9 cm³/mol. The summed E-state index contributed by atoms with van der Waals surface area (Å²) in [5, 5.41) is 18.6. The van der Waals surface area contributed by atoms with Crippen molar-refractivity contribution < 1.29 is 15.0 Å². The number of carbonyl (C=O) groups is 1. The third kappa shape index (κ3) is 1.18. The predicted octanol–water partition coefficient (Wildman–Crippen LogP) is 1.89. The molecule has 2 aromatic rings. The minimum atomic E-state index is -1.04. The molecule has 0 aliphatic carbocycles. The molecule has 2 rings (SSSR count). The molecule has 0 fully saturated rings. The van der Waals surface area contributed by atoms with E-state index in [1.165, 1.54) is 12.1 Å². The highest BCUT2D eigenvalue weighted by Gasteiger charge is 2.15. The van der Waals surface area contributed by atoms with Crippen molar-refractivity contribution in [3.8, 4) is 5.75 Å². The van der Waals surface area contributed by atoms with E-state index in [1.54, 1.807) is 6.07 Å². The number of anilines is 1. The Labute approximate surface area is 83.2 Å². The minimum Gasteiger partial charge on any atom is -0.508 e. The number of hydrogen-bond acceptors (Lipinski definition) is 4. The van der Waals surface area contributed by atoms with Gasteiger partial charge in [-0.1, -0.05) is 0 Å². The average Bonchev–Trinajstić information content (AvgIpc) is 2.44. The molecular formula is C9H7NO3S. The Kier molecular flexibility index (Phi) is 1.82. The van der Waals surface area contributed by atoms with Gasteiger partial charge in [-0.25, -0.2) is 4.79 Å². The zero-order valence-electron chi connectivity index (χ0n) is 7.02. The molecule has 0 saturated carbocycles. The quantitative estimate of drug-likeness (QED) is 0.669. The number of carboxylic acid groups (broad SMARTS) is 1. The average molecular weight is 209 g/mol. The van der Waals surface area contributed by atoms with Crippen molar-refractivity contribution in [3.63, 3.8) is 0 Å². The SMILES string of the molecule is Nc1c(C(=O)O)sc2ccc(O)cc12. The van der Waals surface area contributed by atoms with Crippen LogP contribution in [-0.4, -0.2) is 16.2 Å². The first kappa shape index (κ1) is 8.83. The van der Waals surface area contributed by atoms with Gasteiger partial charge in [-0.05, 0) is 18.2 Å². The molecule has 0 aliphatic heterocycles. The Bertz CT molecular complexity index is 518. The molecule has 5 heteroatoms. The number of aromatic hydroxyl groups is 1. The number of rotatable bonds is 1. The number of thiophene rings is 1. The molecule has 0 spiro atoms. The lowest BCUT2D eigenvalue weighted by Gasteiger charge is -1.93. The Morgan fingerprint density at radius 2 is 2.14 bits per heavy atom. The van der Waals surface area contributed by atoms with E-state index >= 15 is 0 Å². The van der Waals surface area contributed by atoms with E-state index in [0.717, 1.165) is 16.0 Å². The van der Waals surface area contributed by atoms with Crippen molar-refractivity contribution in [2.45, 2.75) is 0 Å². The van der Waals surface area contributed by atoms with Gasteiger partial charge >= 0.3 is 5.97 Å². The van der Waals surface area contributed by atoms with Crippen LogP contribution in [0.2, 0.25) is 0 Å². The molecule has 72 valence electrons. The number of aromatic carboxylic acids is 1. The smallest absolute Gasteiger partial charge is 0.348 e. The Hall–Kier alpha value is -1.75. The highest BCUT2D eigenvalue weighted by atomic mass is 32.1. The van der Waals surface area contributed by atoms with Crippen molar-refractivity contribution >= 4 is 33.1 Å². The van der Waals surface area contributed by atoms with Gasteiger partial charge in [0.15, 0.2) is 0 Å².